The minimum absolute atomic E-state index is 0.210. The molecule has 0 atom stereocenters. The molecule has 2 nitrogen and oxygen atoms in total. The van der Waals surface area contributed by atoms with Crippen molar-refractivity contribution in [3.63, 3.8) is 0 Å². The summed E-state index contributed by atoms with van der Waals surface area (Å²) in [5, 5.41) is 3.33. The predicted octanol–water partition coefficient (Wildman–Crippen LogP) is 2.64. The lowest BCUT2D eigenvalue weighted by atomic mass is 10.1. The molecular weight excluding hydrogens is 205 g/mol. The van der Waals surface area contributed by atoms with E-state index in [9.17, 15) is 4.39 Å². The molecule has 0 amide bonds. The molecule has 16 heavy (non-hydrogen) atoms. The Balaban J connectivity index is 1.93. The van der Waals surface area contributed by atoms with Gasteiger partial charge in [-0.15, -0.1) is 0 Å². The number of rotatable bonds is 4. The highest BCUT2D eigenvalue weighted by molar-refractivity contribution is 5.28. The van der Waals surface area contributed by atoms with Crippen molar-refractivity contribution in [2.24, 2.45) is 0 Å². The summed E-state index contributed by atoms with van der Waals surface area (Å²) in [4.78, 5) is 0. The summed E-state index contributed by atoms with van der Waals surface area (Å²) in [5.74, 6) is 0.349. The molecule has 0 heterocycles. The molecular formula is C13H16FNO. The van der Waals surface area contributed by atoms with Gasteiger partial charge in [0.2, 0.25) is 0 Å². The maximum Gasteiger partial charge on any atom is 0.131 e. The SMILES string of the molecule is COc1ccc(CNC2CC=CC2)c(F)c1. The van der Waals surface area contributed by atoms with Crippen LogP contribution < -0.4 is 10.1 Å². The largest absolute Gasteiger partial charge is 0.497 e. The molecule has 3 heteroatoms. The van der Waals surface area contributed by atoms with Gasteiger partial charge in [-0.25, -0.2) is 4.39 Å². The molecule has 0 spiro atoms. The Kier molecular flexibility index (Phi) is 3.57. The lowest BCUT2D eigenvalue weighted by Gasteiger charge is -2.12. The van der Waals surface area contributed by atoms with Crippen LogP contribution in [-0.4, -0.2) is 13.2 Å². The summed E-state index contributed by atoms with van der Waals surface area (Å²) in [6, 6.07) is 5.43. The second-order valence-corrected chi connectivity index (χ2v) is 3.98. The van der Waals surface area contributed by atoms with Crippen LogP contribution in [0.25, 0.3) is 0 Å². The van der Waals surface area contributed by atoms with Gasteiger partial charge in [0.05, 0.1) is 7.11 Å². The summed E-state index contributed by atoms with van der Waals surface area (Å²) in [5.41, 5.74) is 0.688. The molecule has 2 rings (SSSR count). The third-order valence-electron chi connectivity index (χ3n) is 2.85. The number of benzene rings is 1. The van der Waals surface area contributed by atoms with Crippen molar-refractivity contribution in [2.75, 3.05) is 7.11 Å². The van der Waals surface area contributed by atoms with Crippen LogP contribution in [0, 0.1) is 5.82 Å². The van der Waals surface area contributed by atoms with E-state index in [1.807, 2.05) is 0 Å². The van der Waals surface area contributed by atoms with Crippen molar-refractivity contribution >= 4 is 0 Å². The van der Waals surface area contributed by atoms with Gasteiger partial charge < -0.3 is 10.1 Å². The molecule has 0 saturated carbocycles. The molecule has 0 aromatic heterocycles. The number of methoxy groups -OCH3 is 1. The fourth-order valence-corrected chi connectivity index (χ4v) is 1.84. The Morgan fingerprint density at radius 1 is 1.38 bits per heavy atom. The van der Waals surface area contributed by atoms with E-state index in [4.69, 9.17) is 4.74 Å². The van der Waals surface area contributed by atoms with Crippen molar-refractivity contribution in [3.8, 4) is 5.75 Å². The first-order chi connectivity index (χ1) is 7.79. The lowest BCUT2D eigenvalue weighted by Crippen LogP contribution is -2.26. The van der Waals surface area contributed by atoms with Crippen molar-refractivity contribution in [3.05, 3.63) is 41.7 Å². The van der Waals surface area contributed by atoms with E-state index >= 15 is 0 Å². The van der Waals surface area contributed by atoms with Crippen LogP contribution in [0.5, 0.6) is 5.75 Å². The molecule has 0 radical (unpaired) electrons. The summed E-state index contributed by atoms with van der Waals surface area (Å²) < 4.78 is 18.5. The van der Waals surface area contributed by atoms with Crippen LogP contribution in [0.1, 0.15) is 18.4 Å². The molecule has 0 fully saturated rings. The Bertz CT molecular complexity index is 382. The second kappa shape index (κ2) is 5.12. The number of nitrogens with one attached hydrogen (secondary N) is 1. The van der Waals surface area contributed by atoms with E-state index < -0.39 is 0 Å². The normalized spacial score (nSPS) is 15.6. The zero-order valence-electron chi connectivity index (χ0n) is 9.37. The minimum atomic E-state index is -0.210. The molecule has 0 unspecified atom stereocenters. The lowest BCUT2D eigenvalue weighted by molar-refractivity contribution is 0.410. The van der Waals surface area contributed by atoms with Crippen LogP contribution in [0.15, 0.2) is 30.4 Å². The van der Waals surface area contributed by atoms with Crippen LogP contribution in [0.3, 0.4) is 0 Å². The molecule has 1 aliphatic carbocycles. The molecule has 0 saturated heterocycles. The fourth-order valence-electron chi connectivity index (χ4n) is 1.84. The zero-order chi connectivity index (χ0) is 11.4. The highest BCUT2D eigenvalue weighted by Gasteiger charge is 2.10. The second-order valence-electron chi connectivity index (χ2n) is 3.98. The standard InChI is InChI=1S/C13H16FNO/c1-16-12-7-6-10(13(14)8-12)9-15-11-4-2-3-5-11/h2-3,6-8,11,15H,4-5,9H2,1H3. The number of ether oxygens (including phenoxy) is 1. The Hall–Kier alpha value is -1.35. The smallest absolute Gasteiger partial charge is 0.131 e. The Labute approximate surface area is 95.1 Å². The van der Waals surface area contributed by atoms with E-state index in [0.29, 0.717) is 23.9 Å². The third-order valence-corrected chi connectivity index (χ3v) is 2.85. The van der Waals surface area contributed by atoms with Crippen molar-refractivity contribution < 1.29 is 9.13 Å². The maximum absolute atomic E-state index is 13.6. The summed E-state index contributed by atoms with van der Waals surface area (Å²) in [6.45, 7) is 0.572. The fraction of sp³-hybridized carbons (Fsp3) is 0.385. The van der Waals surface area contributed by atoms with Gasteiger partial charge in [0.1, 0.15) is 11.6 Å². The van der Waals surface area contributed by atoms with Crippen molar-refractivity contribution in [1.82, 2.24) is 5.32 Å². The van der Waals surface area contributed by atoms with Crippen LogP contribution in [-0.2, 0) is 6.54 Å². The Morgan fingerprint density at radius 3 is 2.75 bits per heavy atom. The average molecular weight is 221 g/mol. The third kappa shape index (κ3) is 2.61. The first-order valence-corrected chi connectivity index (χ1v) is 5.50. The number of hydrogen-bond acceptors (Lipinski definition) is 2. The molecule has 86 valence electrons. The van der Waals surface area contributed by atoms with E-state index in [-0.39, 0.29) is 5.82 Å². The molecule has 1 N–H and O–H groups in total. The van der Waals surface area contributed by atoms with E-state index in [1.165, 1.54) is 13.2 Å². The van der Waals surface area contributed by atoms with Gasteiger partial charge in [-0.1, -0.05) is 18.2 Å². The van der Waals surface area contributed by atoms with Crippen LogP contribution in [0.4, 0.5) is 4.39 Å². The predicted molar refractivity (Wildman–Crippen MR) is 62.0 cm³/mol. The molecule has 0 bridgehead atoms. The van der Waals surface area contributed by atoms with Gasteiger partial charge in [0.25, 0.3) is 0 Å². The summed E-state index contributed by atoms with van der Waals surface area (Å²) >= 11 is 0. The van der Waals surface area contributed by atoms with Gasteiger partial charge in [0, 0.05) is 24.2 Å². The number of hydrogen-bond donors (Lipinski definition) is 1. The topological polar surface area (TPSA) is 21.3 Å². The highest BCUT2D eigenvalue weighted by Crippen LogP contribution is 2.17. The minimum Gasteiger partial charge on any atom is -0.497 e. The molecule has 1 aromatic carbocycles. The monoisotopic (exact) mass is 221 g/mol. The zero-order valence-corrected chi connectivity index (χ0v) is 9.37. The van der Waals surface area contributed by atoms with Gasteiger partial charge in [-0.3, -0.25) is 0 Å². The van der Waals surface area contributed by atoms with Crippen LogP contribution >= 0.6 is 0 Å². The highest BCUT2D eigenvalue weighted by atomic mass is 19.1. The van der Waals surface area contributed by atoms with Gasteiger partial charge >= 0.3 is 0 Å². The van der Waals surface area contributed by atoms with Crippen molar-refractivity contribution in [1.29, 1.82) is 0 Å². The molecule has 0 aliphatic heterocycles. The quantitative estimate of drug-likeness (QED) is 0.789. The van der Waals surface area contributed by atoms with Gasteiger partial charge in [-0.05, 0) is 18.9 Å². The van der Waals surface area contributed by atoms with Gasteiger partial charge in [0.15, 0.2) is 0 Å². The summed E-state index contributed by atoms with van der Waals surface area (Å²) in [6.07, 6.45) is 6.39. The average Bonchev–Trinajstić information content (AvgIpc) is 2.80. The molecule has 1 aliphatic rings. The first-order valence-electron chi connectivity index (χ1n) is 5.50. The molecule has 1 aromatic rings. The number of halogens is 1. The van der Waals surface area contributed by atoms with E-state index in [1.54, 1.807) is 12.1 Å². The van der Waals surface area contributed by atoms with Crippen molar-refractivity contribution in [2.45, 2.75) is 25.4 Å². The van der Waals surface area contributed by atoms with E-state index in [0.717, 1.165) is 12.8 Å². The first kappa shape index (κ1) is 11.1. The Morgan fingerprint density at radius 2 is 2.12 bits per heavy atom. The van der Waals surface area contributed by atoms with Gasteiger partial charge in [-0.2, -0.15) is 0 Å². The van der Waals surface area contributed by atoms with E-state index in [2.05, 4.69) is 17.5 Å². The maximum atomic E-state index is 13.6. The summed E-state index contributed by atoms with van der Waals surface area (Å²) in [7, 11) is 1.54. The van der Waals surface area contributed by atoms with Crippen LogP contribution in [0.2, 0.25) is 0 Å².